The molecule has 0 aromatic heterocycles. The average molecular weight is 465 g/mol. The van der Waals surface area contributed by atoms with Crippen molar-refractivity contribution in [2.45, 2.75) is 40.5 Å². The molecular formula is C25H30Cl2O4. The first-order valence-corrected chi connectivity index (χ1v) is 11.2. The van der Waals surface area contributed by atoms with Crippen LogP contribution in [0.5, 0.6) is 0 Å². The fraction of sp³-hybridized carbons (Fsp3) is 0.440. The van der Waals surface area contributed by atoms with E-state index in [-0.39, 0.29) is 19.1 Å². The first-order chi connectivity index (χ1) is 14.6. The van der Waals surface area contributed by atoms with E-state index in [1.54, 1.807) is 48.5 Å². The Hall–Kier alpha value is -2.04. The summed E-state index contributed by atoms with van der Waals surface area (Å²) in [5, 5.41) is 1.11. The molecule has 0 amide bonds. The molecule has 0 N–H and O–H groups in total. The van der Waals surface area contributed by atoms with Crippen LogP contribution in [0.2, 0.25) is 10.0 Å². The van der Waals surface area contributed by atoms with Crippen molar-refractivity contribution < 1.29 is 19.1 Å². The third-order valence-corrected chi connectivity index (χ3v) is 6.09. The molecule has 31 heavy (non-hydrogen) atoms. The van der Waals surface area contributed by atoms with Crippen molar-refractivity contribution in [1.82, 2.24) is 0 Å². The summed E-state index contributed by atoms with van der Waals surface area (Å²) in [6.45, 7) is 8.73. The predicted molar refractivity (Wildman–Crippen MR) is 125 cm³/mol. The van der Waals surface area contributed by atoms with Crippen molar-refractivity contribution in [2.75, 3.05) is 13.2 Å². The van der Waals surface area contributed by atoms with Gasteiger partial charge in [0.15, 0.2) is 0 Å². The third kappa shape index (κ3) is 7.55. The van der Waals surface area contributed by atoms with Gasteiger partial charge in [-0.05, 0) is 66.8 Å². The summed E-state index contributed by atoms with van der Waals surface area (Å²) in [5.41, 5.74) is 0.377. The van der Waals surface area contributed by atoms with Gasteiger partial charge in [-0.25, -0.2) is 9.59 Å². The van der Waals surface area contributed by atoms with Crippen LogP contribution in [0.1, 0.15) is 61.3 Å². The maximum Gasteiger partial charge on any atom is 0.338 e. The molecule has 0 radical (unpaired) electrons. The van der Waals surface area contributed by atoms with E-state index in [4.69, 9.17) is 32.7 Å². The molecular weight excluding hydrogens is 435 g/mol. The molecule has 2 aromatic rings. The predicted octanol–water partition coefficient (Wildman–Crippen LogP) is 7.09. The Bertz CT molecular complexity index is 797. The molecule has 0 aliphatic rings. The standard InChI is InChI=1S/C25H30Cl2O4/c1-17(2)13-14-25(18(3)4,15-30-23(28)19-5-9-21(26)10-6-19)16-31-24(29)20-7-11-22(27)12-8-20/h5-12,17-18H,13-16H2,1-4H3. The van der Waals surface area contributed by atoms with Crippen LogP contribution in [0, 0.1) is 17.3 Å². The summed E-state index contributed by atoms with van der Waals surface area (Å²) in [5.74, 6) is -0.245. The Morgan fingerprint density at radius 1 is 0.774 bits per heavy atom. The van der Waals surface area contributed by atoms with Crippen molar-refractivity contribution in [1.29, 1.82) is 0 Å². The number of rotatable bonds is 10. The minimum absolute atomic E-state index is 0.127. The molecule has 0 spiro atoms. The molecule has 4 nitrogen and oxygen atoms in total. The average Bonchev–Trinajstić information content (AvgIpc) is 2.73. The van der Waals surface area contributed by atoms with Gasteiger partial charge >= 0.3 is 11.9 Å². The third-order valence-electron chi connectivity index (χ3n) is 5.59. The van der Waals surface area contributed by atoms with E-state index in [0.717, 1.165) is 12.8 Å². The van der Waals surface area contributed by atoms with E-state index in [0.29, 0.717) is 27.1 Å². The maximum absolute atomic E-state index is 12.6. The van der Waals surface area contributed by atoms with E-state index in [1.807, 2.05) is 0 Å². The lowest BCUT2D eigenvalue weighted by Gasteiger charge is -2.37. The second kappa shape index (κ2) is 11.5. The molecule has 2 aromatic carbocycles. The minimum atomic E-state index is -0.492. The van der Waals surface area contributed by atoms with Gasteiger partial charge < -0.3 is 9.47 Å². The van der Waals surface area contributed by atoms with Crippen LogP contribution < -0.4 is 0 Å². The number of halogens is 2. The second-order valence-corrected chi connectivity index (χ2v) is 9.49. The van der Waals surface area contributed by atoms with Gasteiger partial charge in [0.25, 0.3) is 0 Å². The van der Waals surface area contributed by atoms with Gasteiger partial charge in [-0.1, -0.05) is 57.3 Å². The second-order valence-electron chi connectivity index (χ2n) is 8.62. The highest BCUT2D eigenvalue weighted by Gasteiger charge is 2.37. The van der Waals surface area contributed by atoms with Crippen molar-refractivity contribution in [2.24, 2.45) is 17.3 Å². The number of esters is 2. The molecule has 168 valence electrons. The zero-order chi connectivity index (χ0) is 23.0. The Balaban J connectivity index is 2.14. The number of benzene rings is 2. The smallest absolute Gasteiger partial charge is 0.338 e. The van der Waals surface area contributed by atoms with Crippen LogP contribution >= 0.6 is 23.2 Å². The molecule has 0 bridgehead atoms. The van der Waals surface area contributed by atoms with Gasteiger partial charge in [-0.2, -0.15) is 0 Å². The van der Waals surface area contributed by atoms with Crippen LogP contribution in [0.15, 0.2) is 48.5 Å². The highest BCUT2D eigenvalue weighted by atomic mass is 35.5. The lowest BCUT2D eigenvalue weighted by molar-refractivity contribution is -0.0304. The van der Waals surface area contributed by atoms with Crippen LogP contribution in [0.4, 0.5) is 0 Å². The number of carbonyl (C=O) groups is 2. The molecule has 0 aliphatic carbocycles. The number of carbonyl (C=O) groups excluding carboxylic acids is 2. The van der Waals surface area contributed by atoms with E-state index < -0.39 is 17.4 Å². The largest absolute Gasteiger partial charge is 0.461 e. The SMILES string of the molecule is CC(C)CCC(COC(=O)c1ccc(Cl)cc1)(COC(=O)c1ccc(Cl)cc1)C(C)C. The molecule has 0 unspecified atom stereocenters. The molecule has 0 heterocycles. The summed E-state index contributed by atoms with van der Waals surface area (Å²) in [6, 6.07) is 13.2. The van der Waals surface area contributed by atoms with Crippen molar-refractivity contribution in [3.8, 4) is 0 Å². The number of hydrogen-bond donors (Lipinski definition) is 0. The van der Waals surface area contributed by atoms with Gasteiger partial charge in [0, 0.05) is 15.5 Å². The van der Waals surface area contributed by atoms with Crippen LogP contribution in [0.3, 0.4) is 0 Å². The van der Waals surface area contributed by atoms with Gasteiger partial charge in [-0.3, -0.25) is 0 Å². The van der Waals surface area contributed by atoms with Gasteiger partial charge in [-0.15, -0.1) is 0 Å². The molecule has 2 rings (SSSR count). The molecule has 0 saturated carbocycles. The van der Waals surface area contributed by atoms with Crippen LogP contribution in [-0.4, -0.2) is 25.2 Å². The van der Waals surface area contributed by atoms with Crippen molar-refractivity contribution >= 4 is 35.1 Å². The first kappa shape index (κ1) is 25.2. The summed E-state index contributed by atoms with van der Waals surface area (Å²) in [4.78, 5) is 25.1. The molecule has 0 aliphatic heterocycles. The van der Waals surface area contributed by atoms with Crippen molar-refractivity contribution in [3.63, 3.8) is 0 Å². The fourth-order valence-electron chi connectivity index (χ4n) is 3.14. The topological polar surface area (TPSA) is 52.6 Å². The van der Waals surface area contributed by atoms with Crippen LogP contribution in [0.25, 0.3) is 0 Å². The normalized spacial score (nSPS) is 11.6. The van der Waals surface area contributed by atoms with Gasteiger partial charge in [0.05, 0.1) is 11.1 Å². The highest BCUT2D eigenvalue weighted by molar-refractivity contribution is 6.30. The van der Waals surface area contributed by atoms with Gasteiger partial charge in [0.1, 0.15) is 13.2 Å². The van der Waals surface area contributed by atoms with E-state index in [1.165, 1.54) is 0 Å². The number of ether oxygens (including phenoxy) is 2. The number of hydrogen-bond acceptors (Lipinski definition) is 4. The zero-order valence-corrected chi connectivity index (χ0v) is 20.0. The zero-order valence-electron chi connectivity index (χ0n) is 18.5. The Labute approximate surface area is 194 Å². The molecule has 0 saturated heterocycles. The maximum atomic E-state index is 12.6. The Morgan fingerprint density at radius 2 is 1.16 bits per heavy atom. The van der Waals surface area contributed by atoms with E-state index in [2.05, 4.69) is 27.7 Å². The van der Waals surface area contributed by atoms with Crippen LogP contribution in [-0.2, 0) is 9.47 Å². The van der Waals surface area contributed by atoms with E-state index in [9.17, 15) is 9.59 Å². The Kier molecular flexibility index (Phi) is 9.39. The summed E-state index contributed by atoms with van der Waals surface area (Å²) in [7, 11) is 0. The fourth-order valence-corrected chi connectivity index (χ4v) is 3.39. The molecule has 0 atom stereocenters. The highest BCUT2D eigenvalue weighted by Crippen LogP contribution is 2.36. The summed E-state index contributed by atoms with van der Waals surface area (Å²) in [6.07, 6.45) is 1.69. The summed E-state index contributed by atoms with van der Waals surface area (Å²) >= 11 is 11.8. The van der Waals surface area contributed by atoms with E-state index >= 15 is 0 Å². The molecule has 0 fully saturated rings. The summed E-state index contributed by atoms with van der Waals surface area (Å²) < 4.78 is 11.4. The monoisotopic (exact) mass is 464 g/mol. The van der Waals surface area contributed by atoms with Gasteiger partial charge in [0.2, 0.25) is 0 Å². The lowest BCUT2D eigenvalue weighted by atomic mass is 9.73. The lowest BCUT2D eigenvalue weighted by Crippen LogP contribution is -2.39. The van der Waals surface area contributed by atoms with Crippen molar-refractivity contribution in [3.05, 3.63) is 69.7 Å². The molecule has 6 heteroatoms. The minimum Gasteiger partial charge on any atom is -0.461 e. The Morgan fingerprint density at radius 3 is 1.48 bits per heavy atom. The first-order valence-electron chi connectivity index (χ1n) is 10.5. The quantitative estimate of drug-likeness (QED) is 0.352.